The number of nitrogens with zero attached hydrogens (tertiary/aromatic N) is 1. The number of carbonyl (C=O) groups excluding carboxylic acids is 2. The molecule has 0 aliphatic rings. The van der Waals surface area contributed by atoms with Crippen LogP contribution in [0.5, 0.6) is 0 Å². The highest BCUT2D eigenvalue weighted by Crippen LogP contribution is 2.17. The highest BCUT2D eigenvalue weighted by atomic mass is 35.5. The fourth-order valence-corrected chi connectivity index (χ4v) is 2.98. The maximum absolute atomic E-state index is 12.8. The first-order chi connectivity index (χ1) is 14.9. The molecule has 0 saturated heterocycles. The number of non-ortho nitro benzene ring substituents is 1. The fourth-order valence-electron chi connectivity index (χ4n) is 2.76. The van der Waals surface area contributed by atoms with Crippen LogP contribution < -0.4 is 10.6 Å². The van der Waals surface area contributed by atoms with E-state index in [-0.39, 0.29) is 28.5 Å². The summed E-state index contributed by atoms with van der Waals surface area (Å²) in [5, 5.41) is 16.6. The van der Waals surface area contributed by atoms with Gasteiger partial charge >= 0.3 is 0 Å². The first-order valence-electron chi connectivity index (χ1n) is 9.28. The van der Waals surface area contributed by atoms with Crippen LogP contribution in [0.25, 0.3) is 6.08 Å². The van der Waals surface area contributed by atoms with Crippen molar-refractivity contribution in [2.45, 2.75) is 6.54 Å². The predicted octanol–water partition coefficient (Wildman–Crippen LogP) is 4.34. The van der Waals surface area contributed by atoms with Crippen molar-refractivity contribution in [3.8, 4) is 0 Å². The molecule has 0 aliphatic carbocycles. The zero-order valence-electron chi connectivity index (χ0n) is 16.2. The summed E-state index contributed by atoms with van der Waals surface area (Å²) in [6, 6.07) is 21.5. The molecule has 2 N–H and O–H groups in total. The molecule has 0 spiro atoms. The monoisotopic (exact) mass is 435 g/mol. The Morgan fingerprint density at radius 2 is 1.68 bits per heavy atom. The lowest BCUT2D eigenvalue weighted by atomic mass is 10.1. The lowest BCUT2D eigenvalue weighted by molar-refractivity contribution is -0.384. The molecule has 3 aromatic carbocycles. The molecule has 8 heteroatoms. The Kier molecular flexibility index (Phi) is 7.13. The minimum absolute atomic E-state index is 0.0682. The number of amides is 2. The van der Waals surface area contributed by atoms with Crippen molar-refractivity contribution < 1.29 is 14.5 Å². The molecule has 0 aromatic heterocycles. The predicted molar refractivity (Wildman–Crippen MR) is 118 cm³/mol. The third-order valence-corrected chi connectivity index (χ3v) is 4.63. The van der Waals surface area contributed by atoms with E-state index in [1.54, 1.807) is 24.3 Å². The van der Waals surface area contributed by atoms with Crippen molar-refractivity contribution in [3.63, 3.8) is 0 Å². The Morgan fingerprint density at radius 3 is 2.39 bits per heavy atom. The zero-order valence-corrected chi connectivity index (χ0v) is 17.0. The quantitative estimate of drug-likeness (QED) is 0.327. The smallest absolute Gasteiger partial charge is 0.270 e. The minimum atomic E-state index is -0.572. The molecule has 0 radical (unpaired) electrons. The number of hydrogen-bond donors (Lipinski definition) is 2. The molecule has 156 valence electrons. The summed E-state index contributed by atoms with van der Waals surface area (Å²) in [7, 11) is 0. The lowest BCUT2D eigenvalue weighted by Crippen LogP contribution is -2.34. The van der Waals surface area contributed by atoms with Crippen molar-refractivity contribution in [1.29, 1.82) is 0 Å². The van der Waals surface area contributed by atoms with Gasteiger partial charge in [-0.25, -0.2) is 0 Å². The molecule has 3 aromatic rings. The normalized spacial score (nSPS) is 10.9. The summed E-state index contributed by atoms with van der Waals surface area (Å²) < 4.78 is 0. The molecule has 3 rings (SSSR count). The Labute approximate surface area is 183 Å². The van der Waals surface area contributed by atoms with Gasteiger partial charge in [0.1, 0.15) is 5.70 Å². The average Bonchev–Trinajstić information content (AvgIpc) is 2.78. The summed E-state index contributed by atoms with van der Waals surface area (Å²) in [5.74, 6) is -1.12. The largest absolute Gasteiger partial charge is 0.347 e. The van der Waals surface area contributed by atoms with Crippen LogP contribution in [0.4, 0.5) is 5.69 Å². The molecular formula is C23H18ClN3O4. The molecule has 0 unspecified atom stereocenters. The SMILES string of the molecule is O=C(NCc1ccccc1)/C(=C/c1cccc([N+](=O)[O-])c1)NC(=O)c1ccccc1Cl. The van der Waals surface area contributed by atoms with Crippen LogP contribution in [0, 0.1) is 10.1 Å². The molecule has 7 nitrogen and oxygen atoms in total. The van der Waals surface area contributed by atoms with Crippen LogP contribution in [0.1, 0.15) is 21.5 Å². The van der Waals surface area contributed by atoms with Crippen molar-refractivity contribution >= 4 is 35.2 Å². The number of nitro benzene ring substituents is 1. The van der Waals surface area contributed by atoms with Crippen molar-refractivity contribution in [2.24, 2.45) is 0 Å². The topological polar surface area (TPSA) is 101 Å². The van der Waals surface area contributed by atoms with Gasteiger partial charge in [-0.2, -0.15) is 0 Å². The van der Waals surface area contributed by atoms with Gasteiger partial charge in [-0.15, -0.1) is 0 Å². The number of halogens is 1. The van der Waals surface area contributed by atoms with Gasteiger partial charge in [0.05, 0.1) is 15.5 Å². The van der Waals surface area contributed by atoms with Crippen LogP contribution in [0.3, 0.4) is 0 Å². The van der Waals surface area contributed by atoms with Crippen LogP contribution in [-0.2, 0) is 11.3 Å². The van der Waals surface area contributed by atoms with Crippen molar-refractivity contribution in [1.82, 2.24) is 10.6 Å². The van der Waals surface area contributed by atoms with Crippen LogP contribution in [-0.4, -0.2) is 16.7 Å². The summed E-state index contributed by atoms with van der Waals surface area (Å²) in [6.07, 6.45) is 1.38. The molecule has 0 bridgehead atoms. The van der Waals surface area contributed by atoms with Gasteiger partial charge in [-0.3, -0.25) is 19.7 Å². The van der Waals surface area contributed by atoms with Crippen molar-refractivity contribution in [3.05, 3.63) is 116 Å². The van der Waals surface area contributed by atoms with Crippen LogP contribution in [0.2, 0.25) is 5.02 Å². The van der Waals surface area contributed by atoms with Gasteiger partial charge in [0.25, 0.3) is 17.5 Å². The molecule has 0 saturated carbocycles. The van der Waals surface area contributed by atoms with Gasteiger partial charge < -0.3 is 10.6 Å². The maximum atomic E-state index is 12.8. The third-order valence-electron chi connectivity index (χ3n) is 4.30. The molecule has 2 amide bonds. The van der Waals surface area contributed by atoms with E-state index in [9.17, 15) is 19.7 Å². The Bertz CT molecular complexity index is 1150. The molecule has 0 aliphatic heterocycles. The summed E-state index contributed by atoms with van der Waals surface area (Å²) in [6.45, 7) is 0.244. The Balaban J connectivity index is 1.88. The van der Waals surface area contributed by atoms with E-state index >= 15 is 0 Å². The number of nitro groups is 1. The first-order valence-corrected chi connectivity index (χ1v) is 9.66. The molecule has 0 atom stereocenters. The summed E-state index contributed by atoms with van der Waals surface area (Å²) in [5.41, 5.74) is 1.27. The summed E-state index contributed by atoms with van der Waals surface area (Å²) >= 11 is 6.08. The van der Waals surface area contributed by atoms with Gasteiger partial charge in [0, 0.05) is 18.7 Å². The van der Waals surface area contributed by atoms with Crippen molar-refractivity contribution in [2.75, 3.05) is 0 Å². The van der Waals surface area contributed by atoms with E-state index in [4.69, 9.17) is 11.6 Å². The lowest BCUT2D eigenvalue weighted by Gasteiger charge is -2.12. The minimum Gasteiger partial charge on any atom is -0.347 e. The Hall–Kier alpha value is -3.97. The van der Waals surface area contributed by atoms with E-state index in [0.29, 0.717) is 5.56 Å². The van der Waals surface area contributed by atoms with E-state index in [1.165, 1.54) is 30.3 Å². The third kappa shape index (κ3) is 6.01. The van der Waals surface area contributed by atoms with E-state index in [2.05, 4.69) is 10.6 Å². The van der Waals surface area contributed by atoms with Crippen LogP contribution in [0.15, 0.2) is 84.6 Å². The molecule has 0 fully saturated rings. The van der Waals surface area contributed by atoms with Gasteiger partial charge in [-0.05, 0) is 29.3 Å². The number of nitrogens with one attached hydrogen (secondary N) is 2. The van der Waals surface area contributed by atoms with E-state index in [1.807, 2.05) is 30.3 Å². The highest BCUT2D eigenvalue weighted by Gasteiger charge is 2.17. The second-order valence-corrected chi connectivity index (χ2v) is 6.92. The standard InChI is InChI=1S/C23H18ClN3O4/c24-20-12-5-4-11-19(20)22(28)26-21(14-17-9-6-10-18(13-17)27(30)31)23(29)25-15-16-7-2-1-3-8-16/h1-14H,15H2,(H,25,29)(H,26,28)/b21-14-. The Morgan fingerprint density at radius 1 is 0.968 bits per heavy atom. The average molecular weight is 436 g/mol. The fraction of sp³-hybridized carbons (Fsp3) is 0.0435. The maximum Gasteiger partial charge on any atom is 0.270 e. The highest BCUT2D eigenvalue weighted by molar-refractivity contribution is 6.34. The number of benzene rings is 3. The second kappa shape index (κ2) is 10.2. The number of rotatable bonds is 7. The molecule has 31 heavy (non-hydrogen) atoms. The zero-order chi connectivity index (χ0) is 22.2. The van der Waals surface area contributed by atoms with Crippen LogP contribution >= 0.6 is 11.6 Å². The molecule has 0 heterocycles. The molecular weight excluding hydrogens is 418 g/mol. The van der Waals surface area contributed by atoms with E-state index in [0.717, 1.165) is 5.56 Å². The van der Waals surface area contributed by atoms with E-state index < -0.39 is 16.7 Å². The van der Waals surface area contributed by atoms with Gasteiger partial charge in [-0.1, -0.05) is 66.2 Å². The number of hydrogen-bond acceptors (Lipinski definition) is 4. The second-order valence-electron chi connectivity index (χ2n) is 6.51. The van der Waals surface area contributed by atoms with Gasteiger partial charge in [0.15, 0.2) is 0 Å². The van der Waals surface area contributed by atoms with Gasteiger partial charge in [0.2, 0.25) is 0 Å². The first kappa shape index (κ1) is 21.7. The number of carbonyl (C=O) groups is 2. The summed E-state index contributed by atoms with van der Waals surface area (Å²) in [4.78, 5) is 36.0.